The Morgan fingerprint density at radius 3 is 1.68 bits per heavy atom. The highest BCUT2D eigenvalue weighted by molar-refractivity contribution is 6.13. The van der Waals surface area contributed by atoms with Gasteiger partial charge in [0.15, 0.2) is 34.5 Å². The Hall–Kier alpha value is -5.78. The predicted molar refractivity (Wildman–Crippen MR) is 127 cm³/mol. The van der Waals surface area contributed by atoms with Crippen molar-refractivity contribution in [2.24, 2.45) is 0 Å². The van der Waals surface area contributed by atoms with E-state index >= 15 is 0 Å². The summed E-state index contributed by atoms with van der Waals surface area (Å²) in [6.45, 7) is 0. The van der Waals surface area contributed by atoms with Gasteiger partial charge in [-0.25, -0.2) is 0 Å². The topological polar surface area (TPSA) is 214 Å². The number of rotatable bonds is 7. The fourth-order valence-corrected chi connectivity index (χ4v) is 3.46. The van der Waals surface area contributed by atoms with E-state index in [1.807, 2.05) is 0 Å². The maximum Gasteiger partial charge on any atom is 0.266 e. The maximum absolute atomic E-state index is 13.0. The first-order valence-corrected chi connectivity index (χ1v) is 10.6. The number of benzene rings is 4. The third-order valence-corrected chi connectivity index (χ3v) is 5.33. The molecule has 0 unspecified atom stereocenters. The summed E-state index contributed by atoms with van der Waals surface area (Å²) in [5, 5.41) is 80.4. The molecule has 4 rings (SSSR count). The second kappa shape index (κ2) is 9.70. The molecule has 0 saturated carbocycles. The average molecular weight is 522 g/mol. The molecule has 0 atom stereocenters. The van der Waals surface area contributed by atoms with E-state index in [0.717, 1.165) is 18.2 Å². The van der Waals surface area contributed by atoms with Crippen LogP contribution in [0.5, 0.6) is 57.5 Å². The Morgan fingerprint density at radius 1 is 0.553 bits per heavy atom. The van der Waals surface area contributed by atoms with Crippen LogP contribution in [-0.4, -0.2) is 52.4 Å². The fourth-order valence-electron chi connectivity index (χ4n) is 3.46. The first kappa shape index (κ1) is 25.3. The molecule has 0 heterocycles. The van der Waals surface area contributed by atoms with Crippen LogP contribution in [0.15, 0.2) is 60.7 Å². The van der Waals surface area contributed by atoms with Crippen molar-refractivity contribution in [3.8, 4) is 57.5 Å². The van der Waals surface area contributed by atoms with Crippen LogP contribution >= 0.6 is 0 Å². The second-order valence-corrected chi connectivity index (χ2v) is 7.86. The predicted octanol–water partition coefficient (Wildman–Crippen LogP) is 3.17. The Balaban J connectivity index is 1.75. The number of hydrogen-bond donors (Lipinski definition) is 8. The van der Waals surface area contributed by atoms with Crippen LogP contribution in [0, 0.1) is 0 Å². The van der Waals surface area contributed by atoms with E-state index in [2.05, 4.69) is 0 Å². The van der Waals surface area contributed by atoms with Gasteiger partial charge >= 0.3 is 0 Å². The van der Waals surface area contributed by atoms with Crippen molar-refractivity contribution in [2.75, 3.05) is 0 Å². The lowest BCUT2D eigenvalue weighted by atomic mass is 10.0. The molecule has 194 valence electrons. The van der Waals surface area contributed by atoms with Crippen LogP contribution in [0.4, 0.5) is 0 Å². The minimum atomic E-state index is -1.12. The number of carbonyl (C=O) groups excluding carboxylic acids is 2. The van der Waals surface area contributed by atoms with Crippen molar-refractivity contribution >= 4 is 11.6 Å². The van der Waals surface area contributed by atoms with Gasteiger partial charge in [-0.15, -0.1) is 0 Å². The highest BCUT2D eigenvalue weighted by atomic mass is 17.2. The molecule has 38 heavy (non-hydrogen) atoms. The standard InChI is InChI=1S/C26H18O12/c27-13-5-1-3-11(7-13)20(31)15-9-16(29)24(35)26(22(15)33)38-37-18-10-17(30)23(34)25(36)19(18)21(32)12-4-2-6-14(28)8-12/h1-10,27-30,33-36H. The summed E-state index contributed by atoms with van der Waals surface area (Å²) in [6, 6.07) is 11.4. The Labute approximate surface area is 212 Å². The first-order valence-electron chi connectivity index (χ1n) is 10.6. The van der Waals surface area contributed by atoms with Gasteiger partial charge in [0.2, 0.25) is 17.3 Å². The number of carbonyl (C=O) groups is 2. The summed E-state index contributed by atoms with van der Waals surface area (Å²) in [7, 11) is 0. The van der Waals surface area contributed by atoms with Gasteiger partial charge in [0.25, 0.3) is 5.75 Å². The molecule has 0 radical (unpaired) electrons. The number of ketones is 2. The third-order valence-electron chi connectivity index (χ3n) is 5.33. The monoisotopic (exact) mass is 522 g/mol. The van der Waals surface area contributed by atoms with Gasteiger partial charge < -0.3 is 40.9 Å². The molecular weight excluding hydrogens is 504 g/mol. The van der Waals surface area contributed by atoms with Gasteiger partial charge in [-0.05, 0) is 30.3 Å². The van der Waals surface area contributed by atoms with E-state index in [0.29, 0.717) is 6.07 Å². The van der Waals surface area contributed by atoms with Crippen molar-refractivity contribution in [1.29, 1.82) is 0 Å². The van der Waals surface area contributed by atoms with Crippen molar-refractivity contribution in [2.45, 2.75) is 0 Å². The molecule has 0 aromatic heterocycles. The fraction of sp³-hybridized carbons (Fsp3) is 0. The highest BCUT2D eigenvalue weighted by Gasteiger charge is 2.29. The van der Waals surface area contributed by atoms with Gasteiger partial charge in [-0.2, -0.15) is 0 Å². The summed E-state index contributed by atoms with van der Waals surface area (Å²) in [4.78, 5) is 35.8. The molecule has 8 N–H and O–H groups in total. The zero-order valence-electron chi connectivity index (χ0n) is 19.0. The van der Waals surface area contributed by atoms with Crippen LogP contribution in [0.1, 0.15) is 31.8 Å². The van der Waals surface area contributed by atoms with Crippen molar-refractivity contribution in [3.63, 3.8) is 0 Å². The lowest BCUT2D eigenvalue weighted by Gasteiger charge is -2.16. The van der Waals surface area contributed by atoms with Crippen LogP contribution in [0.2, 0.25) is 0 Å². The smallest absolute Gasteiger partial charge is 0.266 e. The van der Waals surface area contributed by atoms with Crippen LogP contribution < -0.4 is 9.78 Å². The number of hydrogen-bond acceptors (Lipinski definition) is 12. The Morgan fingerprint density at radius 2 is 1.11 bits per heavy atom. The maximum atomic E-state index is 13.0. The molecule has 0 aliphatic rings. The molecule has 0 fully saturated rings. The first-order chi connectivity index (χ1) is 18.0. The molecule has 0 aliphatic heterocycles. The lowest BCUT2D eigenvalue weighted by molar-refractivity contribution is -0.104. The summed E-state index contributed by atoms with van der Waals surface area (Å²) in [5.41, 5.74) is -1.58. The Bertz CT molecular complexity index is 1590. The highest BCUT2D eigenvalue weighted by Crippen LogP contribution is 2.48. The van der Waals surface area contributed by atoms with Gasteiger partial charge in [0.1, 0.15) is 17.1 Å². The lowest BCUT2D eigenvalue weighted by Crippen LogP contribution is -2.10. The number of phenols is 8. The summed E-state index contributed by atoms with van der Waals surface area (Å²) >= 11 is 0. The molecule has 4 aromatic carbocycles. The van der Waals surface area contributed by atoms with Gasteiger partial charge in [-0.1, -0.05) is 24.3 Å². The molecule has 12 nitrogen and oxygen atoms in total. The summed E-state index contributed by atoms with van der Waals surface area (Å²) < 4.78 is 0. The number of aromatic hydroxyl groups is 8. The molecular formula is C26H18O12. The molecule has 12 heteroatoms. The minimum Gasteiger partial charge on any atom is -0.508 e. The normalized spacial score (nSPS) is 10.6. The molecule has 4 aromatic rings. The zero-order valence-corrected chi connectivity index (χ0v) is 19.0. The van der Waals surface area contributed by atoms with E-state index in [9.17, 15) is 50.4 Å². The molecule has 0 amide bonds. The molecule has 0 bridgehead atoms. The zero-order chi connectivity index (χ0) is 27.7. The second-order valence-electron chi connectivity index (χ2n) is 7.86. The SMILES string of the molecule is O=C(c1cccc(O)c1)c1cc(O)c(O)c(OOc2cc(O)c(O)c(O)c2C(=O)c2cccc(O)c2)c1O. The van der Waals surface area contributed by atoms with Crippen LogP contribution in [-0.2, 0) is 0 Å². The summed E-state index contributed by atoms with van der Waals surface area (Å²) in [5.74, 6) is -10.3. The van der Waals surface area contributed by atoms with E-state index in [-0.39, 0.29) is 22.6 Å². The number of phenolic OH excluding ortho intramolecular Hbond substituents is 8. The van der Waals surface area contributed by atoms with Crippen LogP contribution in [0.3, 0.4) is 0 Å². The molecule has 0 spiro atoms. The quantitative estimate of drug-likeness (QED) is 0.0577. The Kier molecular flexibility index (Phi) is 6.46. The van der Waals surface area contributed by atoms with Crippen LogP contribution in [0.25, 0.3) is 0 Å². The average Bonchev–Trinajstić information content (AvgIpc) is 2.88. The van der Waals surface area contributed by atoms with Crippen molar-refractivity contribution < 1.29 is 60.2 Å². The van der Waals surface area contributed by atoms with E-state index in [4.69, 9.17) is 9.78 Å². The molecule has 0 aliphatic carbocycles. The van der Waals surface area contributed by atoms with E-state index in [1.54, 1.807) is 0 Å². The van der Waals surface area contributed by atoms with Gasteiger partial charge in [-0.3, -0.25) is 19.4 Å². The van der Waals surface area contributed by atoms with Gasteiger partial charge in [0, 0.05) is 17.2 Å². The largest absolute Gasteiger partial charge is 0.508 e. The van der Waals surface area contributed by atoms with E-state index in [1.165, 1.54) is 36.4 Å². The van der Waals surface area contributed by atoms with Crippen molar-refractivity contribution in [1.82, 2.24) is 0 Å². The van der Waals surface area contributed by atoms with Crippen molar-refractivity contribution in [3.05, 3.63) is 82.9 Å². The summed E-state index contributed by atoms with van der Waals surface area (Å²) in [6.07, 6.45) is 0. The van der Waals surface area contributed by atoms with E-state index < -0.39 is 68.7 Å². The molecule has 0 saturated heterocycles. The minimum absolute atomic E-state index is 0.0929. The third kappa shape index (κ3) is 4.56. The van der Waals surface area contributed by atoms with Gasteiger partial charge in [0.05, 0.1) is 5.56 Å².